The van der Waals surface area contributed by atoms with E-state index in [0.717, 1.165) is 56.0 Å². The second kappa shape index (κ2) is 7.72. The molecule has 1 saturated heterocycles. The van der Waals surface area contributed by atoms with Gasteiger partial charge in [0.05, 0.1) is 13.2 Å². The molecule has 3 heterocycles. The van der Waals surface area contributed by atoms with Crippen LogP contribution in [0.25, 0.3) is 11.0 Å². The first kappa shape index (κ1) is 16.8. The van der Waals surface area contributed by atoms with Crippen molar-refractivity contribution in [1.82, 2.24) is 14.5 Å². The zero-order chi connectivity index (χ0) is 17.8. The number of rotatable bonds is 6. The Kier molecular flexibility index (Phi) is 4.99. The molecule has 0 atom stereocenters. The van der Waals surface area contributed by atoms with Crippen LogP contribution in [0.3, 0.4) is 0 Å². The van der Waals surface area contributed by atoms with E-state index < -0.39 is 0 Å². The van der Waals surface area contributed by atoms with Crippen LogP contribution < -0.4 is 16.0 Å². The Morgan fingerprint density at radius 1 is 1.12 bits per heavy atom. The third-order valence-corrected chi connectivity index (χ3v) is 4.60. The molecule has 7 nitrogen and oxygen atoms in total. The molecule has 0 saturated carbocycles. The number of benzene rings is 1. The predicted octanol–water partition coefficient (Wildman–Crippen LogP) is 2.36. The van der Waals surface area contributed by atoms with Crippen LogP contribution in [0.15, 0.2) is 42.7 Å². The lowest BCUT2D eigenvalue weighted by atomic mass is 10.2. The molecule has 0 radical (unpaired) electrons. The summed E-state index contributed by atoms with van der Waals surface area (Å²) in [5, 5.41) is 4.33. The van der Waals surface area contributed by atoms with Crippen molar-refractivity contribution in [2.24, 2.45) is 5.73 Å². The zero-order valence-corrected chi connectivity index (χ0v) is 14.8. The fourth-order valence-electron chi connectivity index (χ4n) is 3.18. The van der Waals surface area contributed by atoms with E-state index in [-0.39, 0.29) is 0 Å². The summed E-state index contributed by atoms with van der Waals surface area (Å²) in [6, 6.07) is 10.4. The summed E-state index contributed by atoms with van der Waals surface area (Å²) in [6.07, 6.45) is 4.82. The van der Waals surface area contributed by atoms with E-state index >= 15 is 0 Å². The van der Waals surface area contributed by atoms with Crippen LogP contribution in [-0.4, -0.2) is 47.4 Å². The van der Waals surface area contributed by atoms with Crippen LogP contribution in [0.1, 0.15) is 6.42 Å². The first-order valence-electron chi connectivity index (χ1n) is 9.05. The van der Waals surface area contributed by atoms with E-state index in [1.165, 1.54) is 5.69 Å². The number of nitrogens with one attached hydrogen (secondary N) is 1. The Hall–Kier alpha value is -2.64. The van der Waals surface area contributed by atoms with Gasteiger partial charge in [-0.25, -0.2) is 4.98 Å². The average Bonchev–Trinajstić information content (AvgIpc) is 3.10. The van der Waals surface area contributed by atoms with Gasteiger partial charge in [-0.3, -0.25) is 0 Å². The van der Waals surface area contributed by atoms with Crippen LogP contribution >= 0.6 is 0 Å². The molecule has 1 aliphatic rings. The van der Waals surface area contributed by atoms with Gasteiger partial charge in [0.25, 0.3) is 0 Å². The van der Waals surface area contributed by atoms with Crippen molar-refractivity contribution in [3.63, 3.8) is 0 Å². The molecule has 0 unspecified atom stereocenters. The van der Waals surface area contributed by atoms with Crippen molar-refractivity contribution in [3.05, 3.63) is 42.7 Å². The monoisotopic (exact) mass is 352 g/mol. The number of aromatic nitrogens is 3. The maximum Gasteiger partial charge on any atom is 0.229 e. The number of morpholine rings is 1. The van der Waals surface area contributed by atoms with Crippen LogP contribution in [0.5, 0.6) is 0 Å². The molecule has 1 aliphatic heterocycles. The van der Waals surface area contributed by atoms with Gasteiger partial charge in [-0.1, -0.05) is 0 Å². The predicted molar refractivity (Wildman–Crippen MR) is 104 cm³/mol. The number of nitrogens with two attached hydrogens (primary N) is 1. The minimum Gasteiger partial charge on any atom is -0.378 e. The molecule has 4 rings (SSSR count). The Balaban J connectivity index is 1.49. The van der Waals surface area contributed by atoms with Gasteiger partial charge in [-0.2, -0.15) is 4.98 Å². The number of hydrogen-bond donors (Lipinski definition) is 2. The number of anilines is 3. The van der Waals surface area contributed by atoms with E-state index in [0.29, 0.717) is 12.5 Å². The maximum atomic E-state index is 5.62. The summed E-state index contributed by atoms with van der Waals surface area (Å²) in [7, 11) is 0. The van der Waals surface area contributed by atoms with Crippen molar-refractivity contribution < 1.29 is 4.74 Å². The average molecular weight is 352 g/mol. The highest BCUT2D eigenvalue weighted by Crippen LogP contribution is 2.22. The summed E-state index contributed by atoms with van der Waals surface area (Å²) < 4.78 is 7.53. The molecule has 0 bridgehead atoms. The highest BCUT2D eigenvalue weighted by molar-refractivity contribution is 5.76. The SMILES string of the molecule is NCCCn1ccc2cnc(Nc3ccc(N4CCOCC4)cc3)nc21. The summed E-state index contributed by atoms with van der Waals surface area (Å²) in [6.45, 7) is 4.99. The van der Waals surface area contributed by atoms with Gasteiger partial charge in [-0.05, 0) is 43.3 Å². The molecule has 0 amide bonds. The van der Waals surface area contributed by atoms with Crippen LogP contribution in [0.2, 0.25) is 0 Å². The first-order chi connectivity index (χ1) is 12.8. The molecule has 1 aromatic carbocycles. The van der Waals surface area contributed by atoms with E-state index in [4.69, 9.17) is 10.5 Å². The quantitative estimate of drug-likeness (QED) is 0.709. The minimum absolute atomic E-state index is 0.601. The fraction of sp³-hybridized carbons (Fsp3) is 0.368. The smallest absolute Gasteiger partial charge is 0.229 e. The lowest BCUT2D eigenvalue weighted by Crippen LogP contribution is -2.36. The molecule has 3 aromatic rings. The standard InChI is InChI=1S/C19H24N6O/c20-7-1-8-25-9-6-15-14-21-19(23-18(15)25)22-16-2-4-17(5-3-16)24-10-12-26-13-11-24/h2-6,9,14H,1,7-8,10-13,20H2,(H,21,22,23). The van der Waals surface area contributed by atoms with Gasteiger partial charge in [0, 0.05) is 48.8 Å². The molecule has 2 aromatic heterocycles. The lowest BCUT2D eigenvalue weighted by Gasteiger charge is -2.28. The molecule has 7 heteroatoms. The topological polar surface area (TPSA) is 81.2 Å². The van der Waals surface area contributed by atoms with E-state index in [1.54, 1.807) is 0 Å². The Morgan fingerprint density at radius 3 is 2.69 bits per heavy atom. The number of fused-ring (bicyclic) bond motifs is 1. The number of ether oxygens (including phenoxy) is 1. The minimum atomic E-state index is 0.601. The zero-order valence-electron chi connectivity index (χ0n) is 14.8. The summed E-state index contributed by atoms with van der Waals surface area (Å²) in [5.41, 5.74) is 8.74. The van der Waals surface area contributed by atoms with Gasteiger partial charge >= 0.3 is 0 Å². The number of hydrogen-bond acceptors (Lipinski definition) is 6. The van der Waals surface area contributed by atoms with Crippen molar-refractivity contribution in [1.29, 1.82) is 0 Å². The van der Waals surface area contributed by atoms with E-state index in [1.807, 2.05) is 18.5 Å². The summed E-state index contributed by atoms with van der Waals surface area (Å²) in [4.78, 5) is 11.4. The van der Waals surface area contributed by atoms with Gasteiger partial charge in [-0.15, -0.1) is 0 Å². The Morgan fingerprint density at radius 2 is 1.92 bits per heavy atom. The molecule has 136 valence electrons. The van der Waals surface area contributed by atoms with Crippen molar-refractivity contribution in [2.75, 3.05) is 43.1 Å². The molecule has 0 spiro atoms. The third-order valence-electron chi connectivity index (χ3n) is 4.60. The van der Waals surface area contributed by atoms with Crippen molar-refractivity contribution in [3.8, 4) is 0 Å². The van der Waals surface area contributed by atoms with Gasteiger partial charge in [0.15, 0.2) is 0 Å². The molecule has 26 heavy (non-hydrogen) atoms. The number of aryl methyl sites for hydroxylation is 1. The van der Waals surface area contributed by atoms with Crippen LogP contribution in [0.4, 0.5) is 17.3 Å². The normalized spacial score (nSPS) is 14.7. The maximum absolute atomic E-state index is 5.62. The van der Waals surface area contributed by atoms with Crippen molar-refractivity contribution >= 4 is 28.4 Å². The molecular weight excluding hydrogens is 328 g/mol. The van der Waals surface area contributed by atoms with E-state index in [9.17, 15) is 0 Å². The molecular formula is C19H24N6O. The Labute approximate surface area is 152 Å². The molecule has 1 fully saturated rings. The first-order valence-corrected chi connectivity index (χ1v) is 9.05. The van der Waals surface area contributed by atoms with E-state index in [2.05, 4.69) is 49.0 Å². The van der Waals surface area contributed by atoms with Crippen LogP contribution in [-0.2, 0) is 11.3 Å². The van der Waals surface area contributed by atoms with Crippen LogP contribution in [0, 0.1) is 0 Å². The Bertz CT molecular complexity index is 854. The van der Waals surface area contributed by atoms with Crippen molar-refractivity contribution in [2.45, 2.75) is 13.0 Å². The highest BCUT2D eigenvalue weighted by atomic mass is 16.5. The number of nitrogens with zero attached hydrogens (tertiary/aromatic N) is 4. The summed E-state index contributed by atoms with van der Waals surface area (Å²) in [5.74, 6) is 0.601. The fourth-order valence-corrected chi connectivity index (χ4v) is 3.18. The van der Waals surface area contributed by atoms with Gasteiger partial charge in [0.2, 0.25) is 5.95 Å². The highest BCUT2D eigenvalue weighted by Gasteiger charge is 2.11. The third kappa shape index (κ3) is 3.63. The van der Waals surface area contributed by atoms with Gasteiger partial charge < -0.3 is 25.3 Å². The lowest BCUT2D eigenvalue weighted by molar-refractivity contribution is 0.122. The summed E-state index contributed by atoms with van der Waals surface area (Å²) >= 11 is 0. The largest absolute Gasteiger partial charge is 0.378 e. The second-order valence-electron chi connectivity index (χ2n) is 6.40. The van der Waals surface area contributed by atoms with Gasteiger partial charge in [0.1, 0.15) is 5.65 Å². The second-order valence-corrected chi connectivity index (χ2v) is 6.40. The molecule has 3 N–H and O–H groups in total. The molecule has 0 aliphatic carbocycles.